The highest BCUT2D eigenvalue weighted by molar-refractivity contribution is 5.93. The number of rotatable bonds is 10. The Labute approximate surface area is 231 Å². The number of hydrogen-bond donors (Lipinski definition) is 1. The summed E-state index contributed by atoms with van der Waals surface area (Å²) in [4.78, 5) is 31.1. The summed E-state index contributed by atoms with van der Waals surface area (Å²) in [6, 6.07) is 11.5. The number of H-pyrrole nitrogens is 1. The van der Waals surface area contributed by atoms with E-state index in [-0.39, 0.29) is 11.7 Å². The van der Waals surface area contributed by atoms with Crippen LogP contribution in [0.2, 0.25) is 0 Å². The average Bonchev–Trinajstić information content (AvgIpc) is 3.72. The molecular formula is C29H32N8O3. The lowest BCUT2D eigenvalue weighted by Gasteiger charge is -2.15. The third-order valence-electron chi connectivity index (χ3n) is 6.98. The summed E-state index contributed by atoms with van der Waals surface area (Å²) in [7, 11) is 1.34. The largest absolute Gasteiger partial charge is 0.465 e. The summed E-state index contributed by atoms with van der Waals surface area (Å²) >= 11 is 0. The van der Waals surface area contributed by atoms with Gasteiger partial charge in [-0.05, 0) is 65.9 Å². The summed E-state index contributed by atoms with van der Waals surface area (Å²) in [6.45, 7) is 6.43. The number of esters is 1. The van der Waals surface area contributed by atoms with Crippen molar-refractivity contribution < 1.29 is 9.53 Å². The SMILES string of the molecule is CCCCc1cn(-c2c(C(=O)OC)ccn2C(C)C)c(=O)n1Cc1cnccc1-c1ccccc1-c1nnn[nH]1. The number of methoxy groups -OCH3 is 1. The summed E-state index contributed by atoms with van der Waals surface area (Å²) in [5.41, 5.74) is 4.53. The Morgan fingerprint density at radius 1 is 1.10 bits per heavy atom. The minimum Gasteiger partial charge on any atom is -0.465 e. The van der Waals surface area contributed by atoms with Crippen LogP contribution in [0.25, 0.3) is 28.3 Å². The van der Waals surface area contributed by atoms with Crippen LogP contribution in [0, 0.1) is 0 Å². The number of ether oxygens (including phenoxy) is 1. The van der Waals surface area contributed by atoms with Crippen molar-refractivity contribution in [2.24, 2.45) is 0 Å². The number of pyridine rings is 1. The quantitative estimate of drug-likeness (QED) is 0.260. The molecule has 0 bridgehead atoms. The number of carbonyl (C=O) groups excluding carboxylic acids is 1. The number of tetrazole rings is 1. The van der Waals surface area contributed by atoms with E-state index < -0.39 is 5.97 Å². The fourth-order valence-corrected chi connectivity index (χ4v) is 4.97. The maximum atomic E-state index is 14.1. The number of benzene rings is 1. The zero-order valence-electron chi connectivity index (χ0n) is 23.0. The monoisotopic (exact) mass is 540 g/mol. The number of unbranched alkanes of at least 4 members (excludes halogenated alkanes) is 1. The van der Waals surface area contributed by atoms with Crippen LogP contribution < -0.4 is 5.69 Å². The maximum absolute atomic E-state index is 14.1. The second-order valence-corrected chi connectivity index (χ2v) is 9.84. The molecule has 0 atom stereocenters. The predicted octanol–water partition coefficient (Wildman–Crippen LogP) is 4.44. The van der Waals surface area contributed by atoms with E-state index in [2.05, 4.69) is 32.5 Å². The molecule has 0 spiro atoms. The lowest BCUT2D eigenvalue weighted by Crippen LogP contribution is -2.27. The van der Waals surface area contributed by atoms with E-state index in [4.69, 9.17) is 4.74 Å². The van der Waals surface area contributed by atoms with E-state index in [0.29, 0.717) is 30.2 Å². The van der Waals surface area contributed by atoms with Gasteiger partial charge in [0, 0.05) is 42.1 Å². The van der Waals surface area contributed by atoms with Crippen molar-refractivity contribution in [2.75, 3.05) is 7.11 Å². The van der Waals surface area contributed by atoms with E-state index in [0.717, 1.165) is 40.8 Å². The van der Waals surface area contributed by atoms with Gasteiger partial charge >= 0.3 is 11.7 Å². The summed E-state index contributed by atoms with van der Waals surface area (Å²) in [5.74, 6) is 0.560. The molecule has 0 aliphatic carbocycles. The number of aromatic amines is 1. The standard InChI is InChI=1S/C29H32N8O3/c1-5-6-9-21-18-37(27-25(28(38)40-4)13-15-35(27)19(2)3)29(39)36(21)17-20-16-30-14-12-22(20)23-10-7-8-11-24(23)26-31-33-34-32-26/h7-8,10-16,18-19H,5-6,9,17H2,1-4H3,(H,31,32,33,34). The molecule has 11 nitrogen and oxygen atoms in total. The Balaban J connectivity index is 1.65. The molecule has 0 fully saturated rings. The Hall–Kier alpha value is -4.80. The third-order valence-corrected chi connectivity index (χ3v) is 6.98. The molecule has 11 heteroatoms. The van der Waals surface area contributed by atoms with Gasteiger partial charge in [0.25, 0.3) is 0 Å². The fourth-order valence-electron chi connectivity index (χ4n) is 4.97. The van der Waals surface area contributed by atoms with Gasteiger partial charge in [0.1, 0.15) is 11.4 Å². The number of nitrogens with one attached hydrogen (secondary N) is 1. The fraction of sp³-hybridized carbons (Fsp3) is 0.310. The van der Waals surface area contributed by atoms with Crippen LogP contribution in [-0.2, 0) is 17.7 Å². The molecule has 0 saturated carbocycles. The number of aromatic nitrogens is 8. The predicted molar refractivity (Wildman–Crippen MR) is 150 cm³/mol. The molecular weight excluding hydrogens is 508 g/mol. The van der Waals surface area contributed by atoms with Crippen LogP contribution in [0.1, 0.15) is 61.3 Å². The van der Waals surface area contributed by atoms with Crippen molar-refractivity contribution >= 4 is 5.97 Å². The zero-order chi connectivity index (χ0) is 28.2. The molecule has 206 valence electrons. The van der Waals surface area contributed by atoms with Crippen LogP contribution in [0.3, 0.4) is 0 Å². The zero-order valence-corrected chi connectivity index (χ0v) is 23.0. The van der Waals surface area contributed by atoms with Crippen LogP contribution in [0.15, 0.2) is 66.0 Å². The molecule has 0 saturated heterocycles. The average molecular weight is 541 g/mol. The molecule has 5 rings (SSSR count). The first kappa shape index (κ1) is 26.8. The molecule has 40 heavy (non-hydrogen) atoms. The molecule has 4 aromatic heterocycles. The van der Waals surface area contributed by atoms with Crippen LogP contribution in [0.5, 0.6) is 0 Å². The Morgan fingerprint density at radius 2 is 1.90 bits per heavy atom. The van der Waals surface area contributed by atoms with Crippen molar-refractivity contribution in [3.63, 3.8) is 0 Å². The molecule has 1 aromatic carbocycles. The molecule has 0 radical (unpaired) electrons. The highest BCUT2D eigenvalue weighted by atomic mass is 16.5. The summed E-state index contributed by atoms with van der Waals surface area (Å²) in [6.07, 6.45) is 9.79. The number of aryl methyl sites for hydroxylation is 1. The topological polar surface area (TPSA) is 126 Å². The Kier molecular flexibility index (Phi) is 7.72. The first-order valence-electron chi connectivity index (χ1n) is 13.3. The number of imidazole rings is 1. The molecule has 1 N–H and O–H groups in total. The highest BCUT2D eigenvalue weighted by Crippen LogP contribution is 2.32. The van der Waals surface area contributed by atoms with Gasteiger partial charge in [0.05, 0.1) is 13.7 Å². The highest BCUT2D eigenvalue weighted by Gasteiger charge is 2.24. The van der Waals surface area contributed by atoms with Gasteiger partial charge in [0.15, 0.2) is 5.82 Å². The van der Waals surface area contributed by atoms with Gasteiger partial charge in [-0.1, -0.05) is 37.6 Å². The minimum atomic E-state index is -0.489. The first-order valence-corrected chi connectivity index (χ1v) is 13.3. The van der Waals surface area contributed by atoms with Crippen LogP contribution in [0.4, 0.5) is 0 Å². The van der Waals surface area contributed by atoms with E-state index in [1.807, 2.05) is 61.1 Å². The van der Waals surface area contributed by atoms with Gasteiger partial charge in [0.2, 0.25) is 0 Å². The van der Waals surface area contributed by atoms with Crippen LogP contribution in [-0.4, -0.2) is 52.4 Å². The van der Waals surface area contributed by atoms with Gasteiger partial charge in [-0.2, -0.15) is 0 Å². The molecule has 0 unspecified atom stereocenters. The van der Waals surface area contributed by atoms with E-state index >= 15 is 0 Å². The Morgan fingerprint density at radius 3 is 2.60 bits per heavy atom. The van der Waals surface area contributed by atoms with E-state index in [9.17, 15) is 9.59 Å². The van der Waals surface area contributed by atoms with Gasteiger partial charge in [-0.15, -0.1) is 5.10 Å². The van der Waals surface area contributed by atoms with E-state index in [1.165, 1.54) is 7.11 Å². The third kappa shape index (κ3) is 4.97. The smallest absolute Gasteiger partial charge is 0.341 e. The van der Waals surface area contributed by atoms with Crippen molar-refractivity contribution in [3.05, 3.63) is 88.5 Å². The van der Waals surface area contributed by atoms with Crippen molar-refractivity contribution in [1.29, 1.82) is 0 Å². The van der Waals surface area contributed by atoms with Crippen LogP contribution >= 0.6 is 0 Å². The second kappa shape index (κ2) is 11.5. The normalized spacial score (nSPS) is 11.3. The number of hydrogen-bond acceptors (Lipinski definition) is 7. The lowest BCUT2D eigenvalue weighted by atomic mass is 9.96. The minimum absolute atomic E-state index is 0.0229. The van der Waals surface area contributed by atoms with Crippen molar-refractivity contribution in [3.8, 4) is 28.3 Å². The van der Waals surface area contributed by atoms with E-state index in [1.54, 1.807) is 27.6 Å². The van der Waals surface area contributed by atoms with Gasteiger partial charge < -0.3 is 9.30 Å². The van der Waals surface area contributed by atoms with Gasteiger partial charge in [-0.25, -0.2) is 14.7 Å². The molecule has 0 amide bonds. The van der Waals surface area contributed by atoms with Crippen molar-refractivity contribution in [2.45, 2.75) is 52.6 Å². The summed E-state index contributed by atoms with van der Waals surface area (Å²) < 4.78 is 10.3. The maximum Gasteiger partial charge on any atom is 0.341 e. The molecule has 0 aliphatic heterocycles. The lowest BCUT2D eigenvalue weighted by molar-refractivity contribution is 0.0600. The molecule has 5 aromatic rings. The first-order chi connectivity index (χ1) is 19.4. The molecule has 4 heterocycles. The van der Waals surface area contributed by atoms with Crippen molar-refractivity contribution in [1.82, 2.24) is 39.3 Å². The molecule has 0 aliphatic rings. The second-order valence-electron chi connectivity index (χ2n) is 9.84. The number of carbonyl (C=O) groups is 1. The van der Waals surface area contributed by atoms with Gasteiger partial charge in [-0.3, -0.25) is 14.1 Å². The Bertz CT molecular complexity index is 1680. The summed E-state index contributed by atoms with van der Waals surface area (Å²) in [5, 5.41) is 14.4. The number of nitrogens with zero attached hydrogens (tertiary/aromatic N) is 7.